The van der Waals surface area contributed by atoms with Crippen LogP contribution in [0.5, 0.6) is 5.75 Å². The fourth-order valence-electron chi connectivity index (χ4n) is 1.27. The SMILES string of the molecule is COc1cc(SCCC(C)C)ccc1C#N. The summed E-state index contributed by atoms with van der Waals surface area (Å²) in [5.74, 6) is 2.50. The van der Waals surface area contributed by atoms with Crippen molar-refractivity contribution in [1.82, 2.24) is 0 Å². The van der Waals surface area contributed by atoms with Crippen molar-refractivity contribution < 1.29 is 4.74 Å². The van der Waals surface area contributed by atoms with E-state index in [-0.39, 0.29) is 0 Å². The van der Waals surface area contributed by atoms with E-state index >= 15 is 0 Å². The first kappa shape index (κ1) is 12.9. The number of hydrogen-bond donors (Lipinski definition) is 0. The lowest BCUT2D eigenvalue weighted by Crippen LogP contribution is -1.91. The normalized spacial score (nSPS) is 10.2. The van der Waals surface area contributed by atoms with Crippen molar-refractivity contribution in [2.45, 2.75) is 25.2 Å². The molecule has 16 heavy (non-hydrogen) atoms. The zero-order valence-corrected chi connectivity index (χ0v) is 10.8. The van der Waals surface area contributed by atoms with E-state index in [1.165, 1.54) is 6.42 Å². The number of nitrogens with zero attached hydrogens (tertiary/aromatic N) is 1. The third-order valence-electron chi connectivity index (χ3n) is 2.26. The molecule has 0 aromatic heterocycles. The minimum Gasteiger partial charge on any atom is -0.495 e. The fraction of sp³-hybridized carbons (Fsp3) is 0.462. The Labute approximate surface area is 102 Å². The molecule has 0 heterocycles. The largest absolute Gasteiger partial charge is 0.495 e. The van der Waals surface area contributed by atoms with Crippen LogP contribution >= 0.6 is 11.8 Å². The van der Waals surface area contributed by atoms with Gasteiger partial charge in [-0.1, -0.05) is 13.8 Å². The molecule has 0 radical (unpaired) electrons. The van der Waals surface area contributed by atoms with E-state index < -0.39 is 0 Å². The molecule has 0 saturated heterocycles. The predicted octanol–water partition coefficient (Wildman–Crippen LogP) is 3.71. The Morgan fingerprint density at radius 1 is 1.44 bits per heavy atom. The Balaban J connectivity index is 2.65. The Bertz CT molecular complexity index is 382. The molecule has 1 aromatic carbocycles. The van der Waals surface area contributed by atoms with Crippen molar-refractivity contribution in [3.63, 3.8) is 0 Å². The summed E-state index contributed by atoms with van der Waals surface area (Å²) in [4.78, 5) is 1.16. The van der Waals surface area contributed by atoms with Crippen molar-refractivity contribution in [2.24, 2.45) is 5.92 Å². The first-order valence-corrected chi connectivity index (χ1v) is 6.37. The van der Waals surface area contributed by atoms with E-state index in [9.17, 15) is 0 Å². The van der Waals surface area contributed by atoms with Gasteiger partial charge in [0.25, 0.3) is 0 Å². The van der Waals surface area contributed by atoms with Crippen molar-refractivity contribution in [3.8, 4) is 11.8 Å². The summed E-state index contributed by atoms with van der Waals surface area (Å²) >= 11 is 1.81. The van der Waals surface area contributed by atoms with Gasteiger partial charge in [-0.2, -0.15) is 5.26 Å². The summed E-state index contributed by atoms with van der Waals surface area (Å²) in [5.41, 5.74) is 0.593. The van der Waals surface area contributed by atoms with Crippen LogP contribution in [0.2, 0.25) is 0 Å². The maximum absolute atomic E-state index is 8.85. The minimum atomic E-state index is 0.593. The van der Waals surface area contributed by atoms with Crippen LogP contribution in [-0.2, 0) is 0 Å². The number of methoxy groups -OCH3 is 1. The Hall–Kier alpha value is -1.14. The first-order valence-electron chi connectivity index (χ1n) is 5.38. The standard InChI is InChI=1S/C13H17NOS/c1-10(2)6-7-16-12-5-4-11(9-14)13(8-12)15-3/h4-5,8,10H,6-7H2,1-3H3. The van der Waals surface area contributed by atoms with Gasteiger partial charge in [0.05, 0.1) is 12.7 Å². The van der Waals surface area contributed by atoms with Crippen LogP contribution < -0.4 is 4.74 Å². The topological polar surface area (TPSA) is 33.0 Å². The van der Waals surface area contributed by atoms with Gasteiger partial charge in [-0.3, -0.25) is 0 Å². The summed E-state index contributed by atoms with van der Waals surface area (Å²) in [6.45, 7) is 4.44. The van der Waals surface area contributed by atoms with E-state index in [1.54, 1.807) is 7.11 Å². The molecule has 0 spiro atoms. The average molecular weight is 235 g/mol. The van der Waals surface area contributed by atoms with Crippen LogP contribution in [0.4, 0.5) is 0 Å². The van der Waals surface area contributed by atoms with Crippen molar-refractivity contribution in [1.29, 1.82) is 5.26 Å². The molecule has 0 aliphatic rings. The zero-order valence-electron chi connectivity index (χ0n) is 9.99. The van der Waals surface area contributed by atoms with Gasteiger partial charge < -0.3 is 4.74 Å². The zero-order chi connectivity index (χ0) is 12.0. The van der Waals surface area contributed by atoms with Gasteiger partial charge in [-0.05, 0) is 36.3 Å². The molecule has 86 valence electrons. The van der Waals surface area contributed by atoms with Crippen LogP contribution in [0.1, 0.15) is 25.8 Å². The van der Waals surface area contributed by atoms with Crippen LogP contribution in [0.3, 0.4) is 0 Å². The van der Waals surface area contributed by atoms with Crippen LogP contribution in [0, 0.1) is 17.2 Å². The smallest absolute Gasteiger partial charge is 0.137 e. The molecular formula is C13H17NOS. The lowest BCUT2D eigenvalue weighted by molar-refractivity contribution is 0.412. The molecule has 2 nitrogen and oxygen atoms in total. The molecule has 0 fully saturated rings. The van der Waals surface area contributed by atoms with Gasteiger partial charge in [-0.25, -0.2) is 0 Å². The first-order chi connectivity index (χ1) is 7.67. The van der Waals surface area contributed by atoms with Crippen LogP contribution in [-0.4, -0.2) is 12.9 Å². The lowest BCUT2D eigenvalue weighted by atomic mass is 10.2. The maximum atomic E-state index is 8.85. The summed E-state index contributed by atoms with van der Waals surface area (Å²) in [6, 6.07) is 7.84. The van der Waals surface area contributed by atoms with Gasteiger partial charge in [0.1, 0.15) is 11.8 Å². The molecule has 0 bridgehead atoms. The number of ether oxygens (including phenoxy) is 1. The molecule has 0 saturated carbocycles. The van der Waals surface area contributed by atoms with E-state index in [4.69, 9.17) is 10.00 Å². The van der Waals surface area contributed by atoms with Crippen LogP contribution in [0.25, 0.3) is 0 Å². The number of thioether (sulfide) groups is 1. The minimum absolute atomic E-state index is 0.593. The van der Waals surface area contributed by atoms with E-state index in [1.807, 2.05) is 30.0 Å². The summed E-state index contributed by atoms with van der Waals surface area (Å²) in [7, 11) is 1.60. The highest BCUT2D eigenvalue weighted by Gasteiger charge is 2.04. The lowest BCUT2D eigenvalue weighted by Gasteiger charge is -2.07. The highest BCUT2D eigenvalue weighted by molar-refractivity contribution is 7.99. The van der Waals surface area contributed by atoms with Gasteiger partial charge in [0.2, 0.25) is 0 Å². The summed E-state index contributed by atoms with van der Waals surface area (Å²) in [5, 5.41) is 8.85. The molecule has 1 rings (SSSR count). The molecule has 0 aliphatic carbocycles. The molecular weight excluding hydrogens is 218 g/mol. The number of nitriles is 1. The van der Waals surface area contributed by atoms with Gasteiger partial charge >= 0.3 is 0 Å². The van der Waals surface area contributed by atoms with Gasteiger partial charge in [-0.15, -0.1) is 11.8 Å². The van der Waals surface area contributed by atoms with Gasteiger partial charge in [0.15, 0.2) is 0 Å². The van der Waals surface area contributed by atoms with E-state index in [0.29, 0.717) is 11.3 Å². The molecule has 0 aliphatic heterocycles. The average Bonchev–Trinajstić information content (AvgIpc) is 2.28. The number of hydrogen-bond acceptors (Lipinski definition) is 3. The number of rotatable bonds is 5. The maximum Gasteiger partial charge on any atom is 0.137 e. The second kappa shape index (κ2) is 6.44. The molecule has 3 heteroatoms. The van der Waals surface area contributed by atoms with Crippen molar-refractivity contribution in [2.75, 3.05) is 12.9 Å². The highest BCUT2D eigenvalue weighted by Crippen LogP contribution is 2.27. The molecule has 0 amide bonds. The fourth-order valence-corrected chi connectivity index (χ4v) is 2.45. The highest BCUT2D eigenvalue weighted by atomic mass is 32.2. The van der Waals surface area contributed by atoms with Crippen molar-refractivity contribution >= 4 is 11.8 Å². The monoisotopic (exact) mass is 235 g/mol. The molecule has 0 atom stereocenters. The Kier molecular flexibility index (Phi) is 5.21. The molecule has 0 N–H and O–H groups in total. The quantitative estimate of drug-likeness (QED) is 0.729. The third kappa shape index (κ3) is 3.79. The Morgan fingerprint density at radius 2 is 2.19 bits per heavy atom. The Morgan fingerprint density at radius 3 is 2.75 bits per heavy atom. The molecule has 0 unspecified atom stereocenters. The predicted molar refractivity (Wildman–Crippen MR) is 67.9 cm³/mol. The number of benzene rings is 1. The third-order valence-corrected chi connectivity index (χ3v) is 3.28. The second-order valence-corrected chi connectivity index (χ2v) is 5.17. The van der Waals surface area contributed by atoms with Crippen molar-refractivity contribution in [3.05, 3.63) is 23.8 Å². The van der Waals surface area contributed by atoms with E-state index in [0.717, 1.165) is 16.6 Å². The van der Waals surface area contributed by atoms with Crippen LogP contribution in [0.15, 0.2) is 23.1 Å². The van der Waals surface area contributed by atoms with Gasteiger partial charge in [0, 0.05) is 4.90 Å². The molecule has 1 aromatic rings. The van der Waals surface area contributed by atoms with E-state index in [2.05, 4.69) is 19.9 Å². The summed E-state index contributed by atoms with van der Waals surface area (Å²) < 4.78 is 5.17. The summed E-state index contributed by atoms with van der Waals surface area (Å²) in [6.07, 6.45) is 1.20. The second-order valence-electron chi connectivity index (χ2n) is 4.00.